The fourth-order valence-corrected chi connectivity index (χ4v) is 3.78. The SMILES string of the molecule is C=C1C(=O)N(C(=O)NCc2ccc(C(=O)Nc3cc(/C(C)=C/C=C\C)ccc3N)cc2)CCN1CC. The van der Waals surface area contributed by atoms with Crippen LogP contribution in [0.2, 0.25) is 0 Å². The van der Waals surface area contributed by atoms with E-state index in [0.717, 1.165) is 16.7 Å². The summed E-state index contributed by atoms with van der Waals surface area (Å²) in [6.45, 7) is 11.4. The highest BCUT2D eigenvalue weighted by Gasteiger charge is 2.30. The molecule has 0 bridgehead atoms. The van der Waals surface area contributed by atoms with E-state index in [1.54, 1.807) is 30.3 Å². The predicted octanol–water partition coefficient (Wildman–Crippen LogP) is 4.39. The lowest BCUT2D eigenvalue weighted by Crippen LogP contribution is -2.53. The van der Waals surface area contributed by atoms with Crippen LogP contribution in [0, 0.1) is 0 Å². The summed E-state index contributed by atoms with van der Waals surface area (Å²) in [5.41, 5.74) is 10.7. The van der Waals surface area contributed by atoms with Crippen LogP contribution in [0.4, 0.5) is 16.2 Å². The number of carbonyl (C=O) groups excluding carboxylic acids is 3. The second-order valence-corrected chi connectivity index (χ2v) is 8.47. The second-order valence-electron chi connectivity index (χ2n) is 8.47. The van der Waals surface area contributed by atoms with E-state index in [1.807, 2.05) is 56.0 Å². The highest BCUT2D eigenvalue weighted by atomic mass is 16.2. The number of amides is 4. The number of hydrogen-bond acceptors (Lipinski definition) is 5. The van der Waals surface area contributed by atoms with Crippen molar-refractivity contribution in [3.63, 3.8) is 0 Å². The van der Waals surface area contributed by atoms with Gasteiger partial charge in [-0.15, -0.1) is 0 Å². The van der Waals surface area contributed by atoms with Crippen molar-refractivity contribution in [3.05, 3.63) is 89.7 Å². The summed E-state index contributed by atoms with van der Waals surface area (Å²) >= 11 is 0. The number of benzene rings is 2. The van der Waals surface area contributed by atoms with Crippen molar-refractivity contribution in [2.45, 2.75) is 27.3 Å². The average Bonchev–Trinajstić information content (AvgIpc) is 2.88. The molecule has 0 radical (unpaired) electrons. The van der Waals surface area contributed by atoms with E-state index in [-0.39, 0.29) is 18.4 Å². The average molecular weight is 488 g/mol. The molecule has 0 aromatic heterocycles. The van der Waals surface area contributed by atoms with Crippen LogP contribution in [0.15, 0.2) is 73.0 Å². The first kappa shape index (κ1) is 26.3. The van der Waals surface area contributed by atoms with Crippen LogP contribution in [0.5, 0.6) is 0 Å². The number of likely N-dealkylation sites (N-methyl/N-ethyl adjacent to an activating group) is 1. The number of allylic oxidation sites excluding steroid dienone is 4. The third-order valence-corrected chi connectivity index (χ3v) is 6.05. The Hall–Kier alpha value is -4.33. The van der Waals surface area contributed by atoms with E-state index < -0.39 is 6.03 Å². The van der Waals surface area contributed by atoms with Crippen LogP contribution in [-0.4, -0.2) is 47.3 Å². The highest BCUT2D eigenvalue weighted by molar-refractivity contribution is 6.06. The molecule has 8 heteroatoms. The zero-order valence-corrected chi connectivity index (χ0v) is 21.0. The molecule has 2 aromatic rings. The topological polar surface area (TPSA) is 108 Å². The molecule has 3 rings (SSSR count). The van der Waals surface area contributed by atoms with Gasteiger partial charge in [-0.1, -0.05) is 43.0 Å². The molecule has 1 aliphatic heterocycles. The number of piperazine rings is 1. The number of anilines is 2. The van der Waals surface area contributed by atoms with Gasteiger partial charge < -0.3 is 21.3 Å². The Kier molecular flexibility index (Phi) is 8.67. The monoisotopic (exact) mass is 487 g/mol. The molecule has 0 aliphatic carbocycles. The Bertz CT molecular complexity index is 1210. The molecule has 188 valence electrons. The van der Waals surface area contributed by atoms with Crippen molar-refractivity contribution >= 4 is 34.8 Å². The van der Waals surface area contributed by atoms with Crippen molar-refractivity contribution in [1.82, 2.24) is 15.1 Å². The fraction of sp³-hybridized carbons (Fsp3) is 0.250. The van der Waals surface area contributed by atoms with E-state index in [0.29, 0.717) is 42.3 Å². The normalized spacial score (nSPS) is 14.4. The van der Waals surface area contributed by atoms with E-state index >= 15 is 0 Å². The van der Waals surface area contributed by atoms with Crippen LogP contribution >= 0.6 is 0 Å². The number of urea groups is 1. The molecule has 4 N–H and O–H groups in total. The maximum absolute atomic E-state index is 12.8. The Balaban J connectivity index is 1.60. The minimum absolute atomic E-state index is 0.224. The molecule has 1 fully saturated rings. The number of rotatable bonds is 7. The molecule has 1 aliphatic rings. The summed E-state index contributed by atoms with van der Waals surface area (Å²) in [7, 11) is 0. The maximum Gasteiger partial charge on any atom is 0.324 e. The summed E-state index contributed by atoms with van der Waals surface area (Å²) < 4.78 is 0. The molecule has 36 heavy (non-hydrogen) atoms. The standard InChI is InChI=1S/C28H33N5O3/c1-5-7-8-19(3)23-13-14-24(29)25(17-23)31-26(34)22-11-9-21(10-12-22)18-30-28(36)33-16-15-32(6-2)20(4)27(33)35/h5,7-14,17H,4,6,15-16,18,29H2,1-3H3,(H,30,36)(H,31,34)/b7-5-,19-8+. The van der Waals surface area contributed by atoms with E-state index in [2.05, 4.69) is 17.2 Å². The van der Waals surface area contributed by atoms with Crippen LogP contribution in [0.25, 0.3) is 5.57 Å². The molecule has 0 unspecified atom stereocenters. The smallest absolute Gasteiger partial charge is 0.324 e. The first-order valence-corrected chi connectivity index (χ1v) is 11.9. The van der Waals surface area contributed by atoms with Crippen molar-refractivity contribution in [2.24, 2.45) is 0 Å². The molecule has 0 spiro atoms. The molecule has 0 saturated carbocycles. The first-order valence-electron chi connectivity index (χ1n) is 11.9. The van der Waals surface area contributed by atoms with Gasteiger partial charge in [0.2, 0.25) is 0 Å². The van der Waals surface area contributed by atoms with Gasteiger partial charge in [0.25, 0.3) is 11.8 Å². The van der Waals surface area contributed by atoms with Crippen molar-refractivity contribution in [2.75, 3.05) is 30.7 Å². The molecule has 0 atom stereocenters. The van der Waals surface area contributed by atoms with E-state index in [1.165, 1.54) is 4.90 Å². The summed E-state index contributed by atoms with van der Waals surface area (Å²) in [6.07, 6.45) is 5.89. The number of carbonyl (C=O) groups is 3. The van der Waals surface area contributed by atoms with Crippen molar-refractivity contribution in [1.29, 1.82) is 0 Å². The maximum atomic E-state index is 12.8. The van der Waals surface area contributed by atoms with Crippen LogP contribution in [-0.2, 0) is 11.3 Å². The minimum Gasteiger partial charge on any atom is -0.397 e. The third-order valence-electron chi connectivity index (χ3n) is 6.05. The number of imide groups is 1. The van der Waals surface area contributed by atoms with Crippen molar-refractivity contribution < 1.29 is 14.4 Å². The number of hydrogen-bond donors (Lipinski definition) is 3. The third kappa shape index (κ3) is 6.21. The summed E-state index contributed by atoms with van der Waals surface area (Å²) in [6, 6.07) is 11.9. The Labute approximate surface area is 212 Å². The van der Waals surface area contributed by atoms with Crippen molar-refractivity contribution in [3.8, 4) is 0 Å². The lowest BCUT2D eigenvalue weighted by atomic mass is 10.0. The van der Waals surface area contributed by atoms with Gasteiger partial charge in [-0.25, -0.2) is 4.79 Å². The second kappa shape index (κ2) is 11.9. The largest absolute Gasteiger partial charge is 0.397 e. The van der Waals surface area contributed by atoms with Gasteiger partial charge in [0.15, 0.2) is 0 Å². The Morgan fingerprint density at radius 3 is 2.47 bits per heavy atom. The zero-order chi connectivity index (χ0) is 26.2. The molecule has 8 nitrogen and oxygen atoms in total. The molecular formula is C28H33N5O3. The number of nitrogens with one attached hydrogen (secondary N) is 2. The summed E-state index contributed by atoms with van der Waals surface area (Å²) in [5.74, 6) is -0.675. The molecule has 1 saturated heterocycles. The lowest BCUT2D eigenvalue weighted by Gasteiger charge is -2.35. The fourth-order valence-electron chi connectivity index (χ4n) is 3.78. The number of nitrogens with two attached hydrogens (primary N) is 1. The van der Waals surface area contributed by atoms with Gasteiger partial charge in [-0.05, 0) is 61.7 Å². The zero-order valence-electron chi connectivity index (χ0n) is 21.0. The van der Waals surface area contributed by atoms with Gasteiger partial charge in [0.05, 0.1) is 17.1 Å². The molecule has 4 amide bonds. The van der Waals surface area contributed by atoms with Gasteiger partial charge >= 0.3 is 6.03 Å². The van der Waals surface area contributed by atoms with Crippen LogP contribution in [0.3, 0.4) is 0 Å². The molecular weight excluding hydrogens is 454 g/mol. The first-order chi connectivity index (χ1) is 17.2. The van der Waals surface area contributed by atoms with Gasteiger partial charge in [0.1, 0.15) is 0 Å². The molecule has 2 aromatic carbocycles. The van der Waals surface area contributed by atoms with E-state index in [9.17, 15) is 14.4 Å². The summed E-state index contributed by atoms with van der Waals surface area (Å²) in [4.78, 5) is 40.7. The van der Waals surface area contributed by atoms with Crippen LogP contribution in [0.1, 0.15) is 42.3 Å². The van der Waals surface area contributed by atoms with Gasteiger partial charge in [-0.3, -0.25) is 14.5 Å². The Morgan fingerprint density at radius 1 is 1.11 bits per heavy atom. The number of nitrogens with zero attached hydrogens (tertiary/aromatic N) is 2. The van der Waals surface area contributed by atoms with Crippen LogP contribution < -0.4 is 16.4 Å². The number of nitrogen functional groups attached to an aromatic ring is 1. The molecule has 1 heterocycles. The van der Waals surface area contributed by atoms with Gasteiger partial charge in [0, 0.05) is 31.7 Å². The minimum atomic E-state index is -0.465. The lowest BCUT2D eigenvalue weighted by molar-refractivity contribution is -0.128. The summed E-state index contributed by atoms with van der Waals surface area (Å²) in [5, 5.41) is 5.63. The highest BCUT2D eigenvalue weighted by Crippen LogP contribution is 2.25. The Morgan fingerprint density at radius 2 is 1.81 bits per heavy atom. The predicted molar refractivity (Wildman–Crippen MR) is 144 cm³/mol. The quantitative estimate of drug-likeness (QED) is 0.305. The van der Waals surface area contributed by atoms with E-state index in [4.69, 9.17) is 5.73 Å². The van der Waals surface area contributed by atoms with Gasteiger partial charge in [-0.2, -0.15) is 0 Å².